The third-order valence-corrected chi connectivity index (χ3v) is 2.06. The Kier molecular flexibility index (Phi) is 5.30. The summed E-state index contributed by atoms with van der Waals surface area (Å²) in [4.78, 5) is 19.1. The molecule has 0 fully saturated rings. The highest BCUT2D eigenvalue weighted by Crippen LogP contribution is 2.06. The van der Waals surface area contributed by atoms with Crippen molar-refractivity contribution in [2.24, 2.45) is 0 Å². The number of terminal acetylenes is 1. The Balaban J connectivity index is 2.29. The summed E-state index contributed by atoms with van der Waals surface area (Å²) >= 11 is 5.56. The Hall–Kier alpha value is -1.60. The second-order valence-electron chi connectivity index (χ2n) is 3.18. The smallest absolute Gasteiger partial charge is 0.225 e. The monoisotopic (exact) mass is 237 g/mol. The fourth-order valence-electron chi connectivity index (χ4n) is 1.09. The van der Waals surface area contributed by atoms with Crippen LogP contribution in [0.5, 0.6) is 0 Å². The number of hydrogen-bond donors (Lipinski definition) is 1. The van der Waals surface area contributed by atoms with Crippen LogP contribution in [0.4, 0.5) is 5.82 Å². The van der Waals surface area contributed by atoms with Gasteiger partial charge in [-0.15, -0.1) is 12.3 Å². The number of unbranched alkanes of at least 4 members (excludes halogenated alkanes) is 2. The second-order valence-corrected chi connectivity index (χ2v) is 3.57. The SMILES string of the molecule is C#CCCCCC(=O)Nc1cnc(Cl)cn1. The third kappa shape index (κ3) is 4.76. The largest absolute Gasteiger partial charge is 0.309 e. The van der Waals surface area contributed by atoms with Gasteiger partial charge in [0.05, 0.1) is 12.4 Å². The maximum atomic E-state index is 11.4. The lowest BCUT2D eigenvalue weighted by molar-refractivity contribution is -0.116. The van der Waals surface area contributed by atoms with Gasteiger partial charge in [0, 0.05) is 12.8 Å². The van der Waals surface area contributed by atoms with Gasteiger partial charge in [-0.1, -0.05) is 11.6 Å². The second kappa shape index (κ2) is 6.81. The maximum Gasteiger partial charge on any atom is 0.225 e. The zero-order chi connectivity index (χ0) is 11.8. The number of nitrogens with zero attached hydrogens (tertiary/aromatic N) is 2. The lowest BCUT2D eigenvalue weighted by Gasteiger charge is -2.02. The van der Waals surface area contributed by atoms with Crippen molar-refractivity contribution in [3.8, 4) is 12.3 Å². The fourth-order valence-corrected chi connectivity index (χ4v) is 1.19. The lowest BCUT2D eigenvalue weighted by atomic mass is 10.2. The van der Waals surface area contributed by atoms with Crippen LogP contribution in [0.25, 0.3) is 0 Å². The van der Waals surface area contributed by atoms with Crippen LogP contribution in [-0.2, 0) is 4.79 Å². The van der Waals surface area contributed by atoms with Crippen LogP contribution < -0.4 is 5.32 Å². The minimum atomic E-state index is -0.0892. The normalized spacial score (nSPS) is 9.50. The van der Waals surface area contributed by atoms with Gasteiger partial charge < -0.3 is 5.32 Å². The zero-order valence-electron chi connectivity index (χ0n) is 8.74. The van der Waals surface area contributed by atoms with Crippen LogP contribution >= 0.6 is 11.6 Å². The summed E-state index contributed by atoms with van der Waals surface area (Å²) in [7, 11) is 0. The molecule has 0 aliphatic carbocycles. The molecule has 0 radical (unpaired) electrons. The molecule has 1 amide bonds. The molecule has 16 heavy (non-hydrogen) atoms. The number of anilines is 1. The summed E-state index contributed by atoms with van der Waals surface area (Å²) in [5.74, 6) is 2.85. The minimum absolute atomic E-state index is 0.0892. The van der Waals surface area contributed by atoms with E-state index < -0.39 is 0 Å². The van der Waals surface area contributed by atoms with Gasteiger partial charge in [-0.3, -0.25) is 4.79 Å². The topological polar surface area (TPSA) is 54.9 Å². The molecule has 1 rings (SSSR count). The maximum absolute atomic E-state index is 11.4. The van der Waals surface area contributed by atoms with E-state index in [1.54, 1.807) is 0 Å². The molecule has 0 saturated heterocycles. The molecule has 0 spiro atoms. The van der Waals surface area contributed by atoms with Crippen molar-refractivity contribution < 1.29 is 4.79 Å². The van der Waals surface area contributed by atoms with Crippen molar-refractivity contribution in [2.75, 3.05) is 5.32 Å². The van der Waals surface area contributed by atoms with E-state index in [9.17, 15) is 4.79 Å². The Morgan fingerprint density at radius 1 is 1.44 bits per heavy atom. The predicted molar refractivity (Wildman–Crippen MR) is 63.0 cm³/mol. The molecule has 0 aliphatic heterocycles. The van der Waals surface area contributed by atoms with Crippen LogP contribution in [0.1, 0.15) is 25.7 Å². The number of halogens is 1. The van der Waals surface area contributed by atoms with Crippen molar-refractivity contribution in [1.29, 1.82) is 0 Å². The van der Waals surface area contributed by atoms with Crippen LogP contribution in [0.2, 0.25) is 5.15 Å². The third-order valence-electron chi connectivity index (χ3n) is 1.86. The molecule has 1 N–H and O–H groups in total. The summed E-state index contributed by atoms with van der Waals surface area (Å²) in [6, 6.07) is 0. The first-order valence-electron chi connectivity index (χ1n) is 4.93. The van der Waals surface area contributed by atoms with Crippen LogP contribution in [0, 0.1) is 12.3 Å². The Bertz CT molecular complexity index is 383. The molecule has 1 aromatic heterocycles. The number of amides is 1. The van der Waals surface area contributed by atoms with Crippen molar-refractivity contribution in [2.45, 2.75) is 25.7 Å². The van der Waals surface area contributed by atoms with Crippen LogP contribution in [0.15, 0.2) is 12.4 Å². The van der Waals surface area contributed by atoms with Gasteiger partial charge >= 0.3 is 0 Å². The summed E-state index contributed by atoms with van der Waals surface area (Å²) in [5, 5.41) is 2.92. The van der Waals surface area contributed by atoms with Gasteiger partial charge in [0.1, 0.15) is 5.15 Å². The molecule has 1 aromatic rings. The lowest BCUT2D eigenvalue weighted by Crippen LogP contribution is -2.12. The predicted octanol–water partition coefficient (Wildman–Crippen LogP) is 2.26. The van der Waals surface area contributed by atoms with E-state index in [1.165, 1.54) is 12.4 Å². The van der Waals surface area contributed by atoms with Gasteiger partial charge in [0.2, 0.25) is 5.91 Å². The number of carbonyl (C=O) groups is 1. The van der Waals surface area contributed by atoms with E-state index >= 15 is 0 Å². The quantitative estimate of drug-likeness (QED) is 0.631. The van der Waals surface area contributed by atoms with Crippen molar-refractivity contribution in [1.82, 2.24) is 9.97 Å². The van der Waals surface area contributed by atoms with Gasteiger partial charge in [-0.2, -0.15) is 0 Å². The van der Waals surface area contributed by atoms with Crippen molar-refractivity contribution >= 4 is 23.3 Å². The molecule has 5 heteroatoms. The van der Waals surface area contributed by atoms with Gasteiger partial charge in [0.15, 0.2) is 5.82 Å². The highest BCUT2D eigenvalue weighted by Gasteiger charge is 2.02. The van der Waals surface area contributed by atoms with Crippen LogP contribution in [0.3, 0.4) is 0 Å². The molecule has 0 saturated carbocycles. The first-order chi connectivity index (χ1) is 7.72. The van der Waals surface area contributed by atoms with E-state index in [-0.39, 0.29) is 5.91 Å². The fraction of sp³-hybridized carbons (Fsp3) is 0.364. The van der Waals surface area contributed by atoms with Gasteiger partial charge in [0.25, 0.3) is 0 Å². The highest BCUT2D eigenvalue weighted by molar-refractivity contribution is 6.29. The molecule has 0 aliphatic rings. The molecule has 1 heterocycles. The number of hydrogen-bond acceptors (Lipinski definition) is 3. The summed E-state index contributed by atoms with van der Waals surface area (Å²) in [6.45, 7) is 0. The van der Waals surface area contributed by atoms with Crippen LogP contribution in [-0.4, -0.2) is 15.9 Å². The number of carbonyl (C=O) groups excluding carboxylic acids is 1. The molecule has 0 bridgehead atoms. The number of nitrogens with one attached hydrogen (secondary N) is 1. The van der Waals surface area contributed by atoms with E-state index in [2.05, 4.69) is 21.2 Å². The average Bonchev–Trinajstić information content (AvgIpc) is 2.28. The molecule has 0 aromatic carbocycles. The highest BCUT2D eigenvalue weighted by atomic mass is 35.5. The van der Waals surface area contributed by atoms with Crippen molar-refractivity contribution in [3.05, 3.63) is 17.5 Å². The van der Waals surface area contributed by atoms with E-state index in [1.807, 2.05) is 0 Å². The Labute approximate surface area is 99.4 Å². The summed E-state index contributed by atoms with van der Waals surface area (Å²) in [5.41, 5.74) is 0. The molecular formula is C11H12ClN3O. The summed E-state index contributed by atoms with van der Waals surface area (Å²) < 4.78 is 0. The summed E-state index contributed by atoms with van der Waals surface area (Å²) in [6.07, 6.45) is 10.7. The molecule has 84 valence electrons. The van der Waals surface area contributed by atoms with E-state index in [0.717, 1.165) is 12.8 Å². The van der Waals surface area contributed by atoms with Crippen molar-refractivity contribution in [3.63, 3.8) is 0 Å². The average molecular weight is 238 g/mol. The number of aromatic nitrogens is 2. The molecule has 4 nitrogen and oxygen atoms in total. The minimum Gasteiger partial charge on any atom is -0.309 e. The van der Waals surface area contributed by atoms with E-state index in [0.29, 0.717) is 23.8 Å². The molecule has 0 unspecified atom stereocenters. The molecular weight excluding hydrogens is 226 g/mol. The first-order valence-corrected chi connectivity index (χ1v) is 5.31. The Morgan fingerprint density at radius 2 is 2.25 bits per heavy atom. The zero-order valence-corrected chi connectivity index (χ0v) is 9.50. The first kappa shape index (κ1) is 12.5. The van der Waals surface area contributed by atoms with E-state index in [4.69, 9.17) is 18.0 Å². The Morgan fingerprint density at radius 3 is 2.88 bits per heavy atom. The van der Waals surface area contributed by atoms with Gasteiger partial charge in [-0.25, -0.2) is 9.97 Å². The molecule has 0 atom stereocenters. The van der Waals surface area contributed by atoms with Gasteiger partial charge in [-0.05, 0) is 12.8 Å². The standard InChI is InChI=1S/C11H12ClN3O/c1-2-3-4-5-6-11(16)15-10-8-13-9(12)7-14-10/h1,7-8H,3-6H2,(H,14,15,16). The number of rotatable bonds is 5.